The maximum atomic E-state index is 5.61. The predicted molar refractivity (Wildman–Crippen MR) is 62.4 cm³/mol. The van der Waals surface area contributed by atoms with Gasteiger partial charge in [0.05, 0.1) is 13.2 Å². The summed E-state index contributed by atoms with van der Waals surface area (Å²) in [4.78, 5) is 0. The van der Waals surface area contributed by atoms with Gasteiger partial charge in [0.1, 0.15) is 0 Å². The van der Waals surface area contributed by atoms with Crippen molar-refractivity contribution in [1.29, 1.82) is 0 Å². The second kappa shape index (κ2) is 7.57. The van der Waals surface area contributed by atoms with Crippen LogP contribution in [0.4, 0.5) is 0 Å². The first-order valence-electron chi connectivity index (χ1n) is 4.99. The molecule has 0 saturated heterocycles. The molecule has 0 saturated carbocycles. The molecule has 0 aromatic carbocycles. The molecule has 0 bridgehead atoms. The number of rotatable bonds is 8. The van der Waals surface area contributed by atoms with Crippen molar-refractivity contribution in [2.45, 2.75) is 33.1 Å². The monoisotopic (exact) mass is 248 g/mol. The highest BCUT2D eigenvalue weighted by atomic mass is 79.9. The minimum atomic E-state index is 0.334. The van der Waals surface area contributed by atoms with Gasteiger partial charge in [-0.15, -0.1) is 6.58 Å². The fourth-order valence-electron chi connectivity index (χ4n) is 1.14. The molecule has 0 aliphatic carbocycles. The third-order valence-corrected chi connectivity index (χ3v) is 3.85. The highest BCUT2D eigenvalue weighted by Crippen LogP contribution is 2.28. The smallest absolute Gasteiger partial charge is 0.0530 e. The van der Waals surface area contributed by atoms with Gasteiger partial charge >= 0.3 is 0 Å². The molecule has 78 valence electrons. The molecule has 0 rings (SSSR count). The Morgan fingerprint density at radius 1 is 1.38 bits per heavy atom. The van der Waals surface area contributed by atoms with E-state index in [-0.39, 0.29) is 0 Å². The van der Waals surface area contributed by atoms with Gasteiger partial charge in [0, 0.05) is 10.7 Å². The van der Waals surface area contributed by atoms with E-state index in [9.17, 15) is 0 Å². The van der Waals surface area contributed by atoms with Gasteiger partial charge in [-0.1, -0.05) is 35.9 Å². The zero-order chi connectivity index (χ0) is 10.2. The number of halogens is 1. The van der Waals surface area contributed by atoms with Gasteiger partial charge in [0.25, 0.3) is 0 Å². The lowest BCUT2D eigenvalue weighted by atomic mass is 9.86. The molecule has 13 heavy (non-hydrogen) atoms. The first kappa shape index (κ1) is 13.2. The fraction of sp³-hybridized carbons (Fsp3) is 0.818. The molecule has 0 aromatic rings. The molecule has 0 N–H and O–H groups in total. The minimum Gasteiger partial charge on any atom is -0.381 e. The van der Waals surface area contributed by atoms with Crippen LogP contribution in [0, 0.1) is 5.41 Å². The van der Waals surface area contributed by atoms with E-state index in [1.165, 1.54) is 12.8 Å². The average molecular weight is 249 g/mol. The molecule has 0 aliphatic heterocycles. The van der Waals surface area contributed by atoms with Gasteiger partial charge in [-0.05, 0) is 19.3 Å². The summed E-state index contributed by atoms with van der Waals surface area (Å²) < 4.78 is 5.61. The Kier molecular flexibility index (Phi) is 7.68. The van der Waals surface area contributed by atoms with Crippen molar-refractivity contribution in [3.05, 3.63) is 12.7 Å². The first-order valence-corrected chi connectivity index (χ1v) is 6.11. The van der Waals surface area contributed by atoms with E-state index in [2.05, 4.69) is 36.4 Å². The van der Waals surface area contributed by atoms with E-state index >= 15 is 0 Å². The highest BCUT2D eigenvalue weighted by Gasteiger charge is 2.24. The molecule has 0 spiro atoms. The third kappa shape index (κ3) is 4.82. The second-order valence-electron chi connectivity index (χ2n) is 3.47. The van der Waals surface area contributed by atoms with E-state index in [1.54, 1.807) is 0 Å². The summed E-state index contributed by atoms with van der Waals surface area (Å²) in [6.45, 7) is 9.78. The van der Waals surface area contributed by atoms with Crippen LogP contribution >= 0.6 is 15.9 Å². The van der Waals surface area contributed by atoms with E-state index in [1.807, 2.05) is 6.08 Å². The zero-order valence-electron chi connectivity index (χ0n) is 8.81. The Balaban J connectivity index is 3.74. The summed E-state index contributed by atoms with van der Waals surface area (Å²) in [7, 11) is 0. The normalized spacial score (nSPS) is 11.6. The predicted octanol–water partition coefficient (Wildman–Crippen LogP) is 3.78. The zero-order valence-corrected chi connectivity index (χ0v) is 10.4. The molecule has 1 nitrogen and oxygen atoms in total. The van der Waals surface area contributed by atoms with Crippen molar-refractivity contribution in [3.63, 3.8) is 0 Å². The lowest BCUT2D eigenvalue weighted by molar-refractivity contribution is 0.0543. The molecule has 0 heterocycles. The van der Waals surface area contributed by atoms with Crippen molar-refractivity contribution in [1.82, 2.24) is 0 Å². The molecule has 0 unspecified atom stereocenters. The van der Waals surface area contributed by atoms with Crippen molar-refractivity contribution >= 4 is 15.9 Å². The molecule has 0 fully saturated rings. The number of hydrogen-bond acceptors (Lipinski definition) is 1. The number of alkyl halides is 1. The standard InChI is InChI=1S/C11H21BrO/c1-4-7-8-13-10-11(5-2,6-3)9-12/h4H,1,5-10H2,2-3H3. The Morgan fingerprint density at radius 2 is 2.00 bits per heavy atom. The van der Waals surface area contributed by atoms with Gasteiger partial charge in [-0.25, -0.2) is 0 Å². The maximum Gasteiger partial charge on any atom is 0.0530 e. The lowest BCUT2D eigenvalue weighted by Crippen LogP contribution is -2.27. The van der Waals surface area contributed by atoms with Gasteiger partial charge in [-0.3, -0.25) is 0 Å². The Bertz CT molecular complexity index is 122. The van der Waals surface area contributed by atoms with E-state index in [0.717, 1.165) is 25.0 Å². The van der Waals surface area contributed by atoms with Crippen LogP contribution in [0.25, 0.3) is 0 Å². The summed E-state index contributed by atoms with van der Waals surface area (Å²) in [6, 6.07) is 0. The largest absolute Gasteiger partial charge is 0.381 e. The van der Waals surface area contributed by atoms with Crippen molar-refractivity contribution in [2.24, 2.45) is 5.41 Å². The van der Waals surface area contributed by atoms with Crippen LogP contribution in [0.2, 0.25) is 0 Å². The Labute approximate surface area is 90.7 Å². The Hall–Kier alpha value is 0.180. The molecule has 0 amide bonds. The highest BCUT2D eigenvalue weighted by molar-refractivity contribution is 9.09. The SMILES string of the molecule is C=CCCOCC(CC)(CC)CBr. The molecular formula is C11H21BrO. The summed E-state index contributed by atoms with van der Waals surface area (Å²) in [6.07, 6.45) is 5.19. The van der Waals surface area contributed by atoms with Crippen LogP contribution in [-0.2, 0) is 4.74 Å². The molecule has 0 atom stereocenters. The van der Waals surface area contributed by atoms with E-state index in [0.29, 0.717) is 5.41 Å². The quantitative estimate of drug-likeness (QED) is 0.361. The van der Waals surface area contributed by atoms with Crippen LogP contribution in [0.3, 0.4) is 0 Å². The van der Waals surface area contributed by atoms with Gasteiger partial charge in [0.15, 0.2) is 0 Å². The fourth-order valence-corrected chi connectivity index (χ4v) is 2.09. The molecule has 0 aliphatic rings. The van der Waals surface area contributed by atoms with Crippen molar-refractivity contribution in [2.75, 3.05) is 18.5 Å². The summed E-state index contributed by atoms with van der Waals surface area (Å²) in [5.41, 5.74) is 0.334. The van der Waals surface area contributed by atoms with Gasteiger partial charge in [-0.2, -0.15) is 0 Å². The third-order valence-electron chi connectivity index (χ3n) is 2.66. The van der Waals surface area contributed by atoms with E-state index in [4.69, 9.17) is 4.74 Å². The Morgan fingerprint density at radius 3 is 2.38 bits per heavy atom. The minimum absolute atomic E-state index is 0.334. The van der Waals surface area contributed by atoms with Crippen LogP contribution in [0.1, 0.15) is 33.1 Å². The van der Waals surface area contributed by atoms with Crippen LogP contribution in [-0.4, -0.2) is 18.5 Å². The molecule has 2 heteroatoms. The van der Waals surface area contributed by atoms with Crippen molar-refractivity contribution in [3.8, 4) is 0 Å². The van der Waals surface area contributed by atoms with E-state index < -0.39 is 0 Å². The topological polar surface area (TPSA) is 9.23 Å². The second-order valence-corrected chi connectivity index (χ2v) is 4.03. The summed E-state index contributed by atoms with van der Waals surface area (Å²) in [5, 5.41) is 1.03. The lowest BCUT2D eigenvalue weighted by Gasteiger charge is -2.28. The maximum absolute atomic E-state index is 5.61. The molecular weight excluding hydrogens is 228 g/mol. The van der Waals surface area contributed by atoms with Gasteiger partial charge < -0.3 is 4.74 Å². The average Bonchev–Trinajstić information content (AvgIpc) is 2.20. The summed E-state index contributed by atoms with van der Waals surface area (Å²) >= 11 is 3.56. The number of ether oxygens (including phenoxy) is 1. The van der Waals surface area contributed by atoms with Crippen LogP contribution in [0.15, 0.2) is 12.7 Å². The first-order chi connectivity index (χ1) is 6.24. The van der Waals surface area contributed by atoms with Crippen LogP contribution < -0.4 is 0 Å². The van der Waals surface area contributed by atoms with Crippen molar-refractivity contribution < 1.29 is 4.74 Å². The van der Waals surface area contributed by atoms with Crippen LogP contribution in [0.5, 0.6) is 0 Å². The molecule has 0 radical (unpaired) electrons. The number of hydrogen-bond donors (Lipinski definition) is 0. The summed E-state index contributed by atoms with van der Waals surface area (Å²) in [5.74, 6) is 0. The molecule has 0 aromatic heterocycles. The van der Waals surface area contributed by atoms with Gasteiger partial charge in [0.2, 0.25) is 0 Å².